The molecule has 4 aromatic rings. The molecule has 0 unspecified atom stereocenters. The lowest BCUT2D eigenvalue weighted by Crippen LogP contribution is -2.30. The van der Waals surface area contributed by atoms with Gasteiger partial charge < -0.3 is 20.7 Å². The van der Waals surface area contributed by atoms with Crippen LogP contribution < -0.4 is 16.1 Å². The van der Waals surface area contributed by atoms with Gasteiger partial charge in [-0.25, -0.2) is 4.98 Å². The van der Waals surface area contributed by atoms with Crippen LogP contribution in [-0.4, -0.2) is 37.6 Å². The van der Waals surface area contributed by atoms with Crippen LogP contribution in [-0.2, 0) is 24.2 Å². The maximum atomic E-state index is 11.9. The van der Waals surface area contributed by atoms with Crippen molar-refractivity contribution in [2.75, 3.05) is 10.6 Å². The summed E-state index contributed by atoms with van der Waals surface area (Å²) in [6.07, 6.45) is 4.08. The molecule has 1 aliphatic carbocycles. The van der Waals surface area contributed by atoms with Crippen molar-refractivity contribution in [3.05, 3.63) is 83.7 Å². The molecule has 2 aromatic heterocycles. The highest BCUT2D eigenvalue weighted by atomic mass is 16.4. The molecule has 0 saturated carbocycles. The van der Waals surface area contributed by atoms with Crippen LogP contribution in [0.15, 0.2) is 61.2 Å². The van der Waals surface area contributed by atoms with Gasteiger partial charge in [-0.15, -0.1) is 0 Å². The Bertz CT molecular complexity index is 1450. The minimum Gasteiger partial charge on any atom is -0.423 e. The van der Waals surface area contributed by atoms with Crippen LogP contribution in [0.2, 0.25) is 0 Å². The minimum atomic E-state index is -1.50. The van der Waals surface area contributed by atoms with E-state index in [1.807, 2.05) is 41.8 Å². The Hall–Kier alpha value is -3.95. The van der Waals surface area contributed by atoms with Gasteiger partial charge in [0.05, 0.1) is 16.9 Å². The predicted molar refractivity (Wildman–Crippen MR) is 138 cm³/mol. The van der Waals surface area contributed by atoms with Crippen LogP contribution in [0.3, 0.4) is 0 Å². The number of nitrogens with one attached hydrogen (secondary N) is 2. The molecule has 2 aromatic carbocycles. The van der Waals surface area contributed by atoms with Crippen molar-refractivity contribution < 1.29 is 14.8 Å². The monoisotopic (exact) mass is 467 g/mol. The van der Waals surface area contributed by atoms with E-state index in [-0.39, 0.29) is 5.91 Å². The van der Waals surface area contributed by atoms with E-state index in [9.17, 15) is 14.8 Å². The number of amides is 1. The molecule has 0 saturated heterocycles. The molecule has 5 rings (SSSR count). The molecule has 1 aliphatic rings. The van der Waals surface area contributed by atoms with E-state index in [2.05, 4.69) is 17.2 Å². The lowest BCUT2D eigenvalue weighted by atomic mass is 9.79. The van der Waals surface area contributed by atoms with Gasteiger partial charge in [0.25, 0.3) is 0 Å². The zero-order valence-corrected chi connectivity index (χ0v) is 19.5. The summed E-state index contributed by atoms with van der Waals surface area (Å²) >= 11 is 0. The third-order valence-corrected chi connectivity index (χ3v) is 6.30. The molecule has 0 fully saturated rings. The first kappa shape index (κ1) is 22.8. The highest BCUT2D eigenvalue weighted by Gasteiger charge is 2.22. The van der Waals surface area contributed by atoms with Gasteiger partial charge in [0.15, 0.2) is 0 Å². The molecule has 0 bridgehead atoms. The lowest BCUT2D eigenvalue weighted by molar-refractivity contribution is -0.111. The molecule has 2 heterocycles. The van der Waals surface area contributed by atoms with E-state index >= 15 is 0 Å². The standard InChI is InChI=1S/C26H26BN5O3/c1-3-24(33)29-22-11-6-12-23-20(22)13-16(2)32(23)26-30-21-10-5-9-19(21)25(31-26)28-15-17-7-4-8-18(14-17)27(34)35/h3-4,6-8,11-14,34-35H,1,5,9-10,15H2,2H3,(H,29,33)(H,28,30,31). The summed E-state index contributed by atoms with van der Waals surface area (Å²) in [6.45, 7) is 6.02. The second-order valence-corrected chi connectivity index (χ2v) is 8.68. The summed E-state index contributed by atoms with van der Waals surface area (Å²) < 4.78 is 2.01. The first-order valence-corrected chi connectivity index (χ1v) is 11.6. The number of hydrogen-bond acceptors (Lipinski definition) is 6. The number of aromatic nitrogens is 3. The quantitative estimate of drug-likeness (QED) is 0.246. The zero-order valence-electron chi connectivity index (χ0n) is 19.5. The molecule has 0 radical (unpaired) electrons. The van der Waals surface area contributed by atoms with Crippen LogP contribution in [0.1, 0.15) is 28.9 Å². The summed E-state index contributed by atoms with van der Waals surface area (Å²) in [4.78, 5) is 21.7. The van der Waals surface area contributed by atoms with E-state index in [4.69, 9.17) is 9.97 Å². The minimum absolute atomic E-state index is 0.263. The summed E-state index contributed by atoms with van der Waals surface area (Å²) in [7, 11) is -1.50. The van der Waals surface area contributed by atoms with Gasteiger partial charge >= 0.3 is 7.12 Å². The smallest absolute Gasteiger partial charge is 0.423 e. The average molecular weight is 467 g/mol. The van der Waals surface area contributed by atoms with Crippen LogP contribution in [0.25, 0.3) is 16.9 Å². The van der Waals surface area contributed by atoms with Crippen molar-refractivity contribution in [2.24, 2.45) is 0 Å². The van der Waals surface area contributed by atoms with E-state index in [0.717, 1.165) is 58.5 Å². The number of aryl methyl sites for hydroxylation is 2. The van der Waals surface area contributed by atoms with Crippen molar-refractivity contribution in [3.63, 3.8) is 0 Å². The first-order valence-electron chi connectivity index (χ1n) is 11.6. The molecule has 4 N–H and O–H groups in total. The molecule has 0 atom stereocenters. The number of hydrogen-bond donors (Lipinski definition) is 4. The molecule has 0 spiro atoms. The third-order valence-electron chi connectivity index (χ3n) is 6.30. The number of anilines is 2. The number of rotatable bonds is 7. The number of fused-ring (bicyclic) bond motifs is 2. The SMILES string of the molecule is C=CC(=O)Nc1cccc2c1cc(C)n2-c1nc2c(c(NCc3cccc(B(O)O)c3)n1)CCC2. The third kappa shape index (κ3) is 4.43. The molecule has 176 valence electrons. The Morgan fingerprint density at radius 1 is 1.17 bits per heavy atom. The Labute approximate surface area is 203 Å². The van der Waals surface area contributed by atoms with Crippen LogP contribution in [0, 0.1) is 6.92 Å². The summed E-state index contributed by atoms with van der Waals surface area (Å²) in [5.41, 5.74) is 6.10. The fourth-order valence-electron chi connectivity index (χ4n) is 4.64. The second-order valence-electron chi connectivity index (χ2n) is 8.68. The van der Waals surface area contributed by atoms with Gasteiger partial charge in [-0.3, -0.25) is 9.36 Å². The first-order chi connectivity index (χ1) is 16.9. The Morgan fingerprint density at radius 3 is 2.80 bits per heavy atom. The molecule has 35 heavy (non-hydrogen) atoms. The van der Waals surface area contributed by atoms with Crippen LogP contribution >= 0.6 is 0 Å². The Morgan fingerprint density at radius 2 is 2.00 bits per heavy atom. The van der Waals surface area contributed by atoms with Crippen LogP contribution in [0.4, 0.5) is 11.5 Å². The summed E-state index contributed by atoms with van der Waals surface area (Å²) in [5, 5.41) is 26.2. The van der Waals surface area contributed by atoms with Crippen molar-refractivity contribution >= 4 is 40.9 Å². The van der Waals surface area contributed by atoms with E-state index < -0.39 is 7.12 Å². The van der Waals surface area contributed by atoms with E-state index in [1.165, 1.54) is 6.08 Å². The maximum absolute atomic E-state index is 11.9. The summed E-state index contributed by atoms with van der Waals surface area (Å²) in [6, 6.07) is 14.9. The molecular formula is C26H26BN5O3. The highest BCUT2D eigenvalue weighted by Crippen LogP contribution is 2.32. The van der Waals surface area contributed by atoms with Crippen molar-refractivity contribution in [1.82, 2.24) is 14.5 Å². The van der Waals surface area contributed by atoms with E-state index in [1.54, 1.807) is 18.2 Å². The van der Waals surface area contributed by atoms with Gasteiger partial charge in [0.1, 0.15) is 5.82 Å². The van der Waals surface area contributed by atoms with Gasteiger partial charge in [0.2, 0.25) is 11.9 Å². The molecule has 8 nitrogen and oxygen atoms in total. The fourth-order valence-corrected chi connectivity index (χ4v) is 4.64. The fraction of sp³-hybridized carbons (Fsp3) is 0.192. The van der Waals surface area contributed by atoms with Crippen molar-refractivity contribution in [2.45, 2.75) is 32.7 Å². The Kier molecular flexibility index (Phi) is 6.11. The molecule has 1 amide bonds. The largest absolute Gasteiger partial charge is 0.488 e. The molecule has 0 aliphatic heterocycles. The van der Waals surface area contributed by atoms with Gasteiger partial charge in [-0.2, -0.15) is 4.98 Å². The zero-order chi connectivity index (χ0) is 24.5. The lowest BCUT2D eigenvalue weighted by Gasteiger charge is -2.15. The summed E-state index contributed by atoms with van der Waals surface area (Å²) in [5.74, 6) is 1.10. The maximum Gasteiger partial charge on any atom is 0.488 e. The molecular weight excluding hydrogens is 441 g/mol. The van der Waals surface area contributed by atoms with Crippen molar-refractivity contribution in [3.8, 4) is 5.95 Å². The van der Waals surface area contributed by atoms with Gasteiger partial charge in [0, 0.05) is 23.2 Å². The van der Waals surface area contributed by atoms with Gasteiger partial charge in [-0.1, -0.05) is 36.9 Å². The number of carbonyl (C=O) groups is 1. The average Bonchev–Trinajstić information content (AvgIpc) is 3.46. The second kappa shape index (κ2) is 9.36. The van der Waals surface area contributed by atoms with E-state index in [0.29, 0.717) is 23.6 Å². The normalized spacial score (nSPS) is 12.4. The molecule has 9 heteroatoms. The van der Waals surface area contributed by atoms with Gasteiger partial charge in [-0.05, 0) is 61.5 Å². The predicted octanol–water partition coefficient (Wildman–Crippen LogP) is 2.63. The number of carbonyl (C=O) groups excluding carboxylic acids is 1. The number of benzene rings is 2. The highest BCUT2D eigenvalue weighted by molar-refractivity contribution is 6.58. The topological polar surface area (TPSA) is 112 Å². The number of nitrogens with zero attached hydrogens (tertiary/aromatic N) is 3. The van der Waals surface area contributed by atoms with Crippen molar-refractivity contribution in [1.29, 1.82) is 0 Å². The van der Waals surface area contributed by atoms with Crippen LogP contribution in [0.5, 0.6) is 0 Å². The Balaban J connectivity index is 1.53.